The van der Waals surface area contributed by atoms with Crippen LogP contribution < -0.4 is 0 Å². The summed E-state index contributed by atoms with van der Waals surface area (Å²) in [6, 6.07) is 5.86. The second kappa shape index (κ2) is 4.16. The van der Waals surface area contributed by atoms with Crippen molar-refractivity contribution in [3.8, 4) is 0 Å². The summed E-state index contributed by atoms with van der Waals surface area (Å²) in [6.45, 7) is 0. The molecule has 0 radical (unpaired) electrons. The van der Waals surface area contributed by atoms with E-state index in [9.17, 15) is 8.76 Å². The van der Waals surface area contributed by atoms with Crippen molar-refractivity contribution in [3.05, 3.63) is 30.0 Å². The third-order valence-electron chi connectivity index (χ3n) is 2.00. The van der Waals surface area contributed by atoms with Crippen LogP contribution in [0.5, 0.6) is 0 Å². The highest BCUT2D eigenvalue weighted by atomic mass is 32.2. The van der Waals surface area contributed by atoms with E-state index in [1.807, 2.05) is 18.2 Å². The molecule has 1 unspecified atom stereocenters. The Kier molecular flexibility index (Phi) is 2.90. The number of aryl methyl sites for hydroxylation is 1. The predicted molar refractivity (Wildman–Crippen MR) is 57.1 cm³/mol. The minimum atomic E-state index is -1.96. The highest BCUT2D eigenvalue weighted by Gasteiger charge is 2.02. The average Bonchev–Trinajstić information content (AvgIpc) is 2.62. The summed E-state index contributed by atoms with van der Waals surface area (Å²) in [7, 11) is 0. The van der Waals surface area contributed by atoms with Crippen LogP contribution in [0.3, 0.4) is 0 Å². The third kappa shape index (κ3) is 2.00. The molecule has 0 fully saturated rings. The lowest BCUT2D eigenvalue weighted by atomic mass is 10.1. The number of hydrogen-bond donors (Lipinski definition) is 0. The fourth-order valence-electron chi connectivity index (χ4n) is 1.34. The second-order valence-corrected chi connectivity index (χ2v) is 4.74. The van der Waals surface area contributed by atoms with E-state index in [1.54, 1.807) is 6.20 Å². The minimum absolute atomic E-state index is 0.178. The number of aromatic nitrogens is 1. The standard InChI is InChI=1S/C9H9NO2S2/c11-14(12)5-4-7-2-1-3-8-6-10-13-9(7)8/h1-3,6H,4-5H2,(H,11,12)/p-1. The summed E-state index contributed by atoms with van der Waals surface area (Å²) in [5, 5.41) is 1.09. The van der Waals surface area contributed by atoms with Crippen LogP contribution in [-0.2, 0) is 17.5 Å². The van der Waals surface area contributed by atoms with Gasteiger partial charge in [0.25, 0.3) is 0 Å². The van der Waals surface area contributed by atoms with Gasteiger partial charge >= 0.3 is 0 Å². The molecule has 3 nitrogen and oxygen atoms in total. The van der Waals surface area contributed by atoms with Gasteiger partial charge in [-0.1, -0.05) is 29.3 Å². The number of rotatable bonds is 3. The molecule has 0 bridgehead atoms. The lowest BCUT2D eigenvalue weighted by Gasteiger charge is -2.05. The van der Waals surface area contributed by atoms with E-state index in [4.69, 9.17) is 0 Å². The van der Waals surface area contributed by atoms with Crippen LogP contribution in [0, 0.1) is 0 Å². The first kappa shape index (κ1) is 9.76. The zero-order chi connectivity index (χ0) is 9.97. The van der Waals surface area contributed by atoms with E-state index in [0.29, 0.717) is 6.42 Å². The van der Waals surface area contributed by atoms with Crippen molar-refractivity contribution >= 4 is 32.7 Å². The Balaban J connectivity index is 2.32. The zero-order valence-corrected chi connectivity index (χ0v) is 8.94. The average molecular weight is 226 g/mol. The minimum Gasteiger partial charge on any atom is -0.772 e. The van der Waals surface area contributed by atoms with E-state index in [1.165, 1.54) is 11.5 Å². The van der Waals surface area contributed by atoms with Crippen LogP contribution >= 0.6 is 11.5 Å². The van der Waals surface area contributed by atoms with Crippen molar-refractivity contribution in [2.75, 3.05) is 5.75 Å². The van der Waals surface area contributed by atoms with Gasteiger partial charge in [-0.15, -0.1) is 0 Å². The maximum absolute atomic E-state index is 10.4. The topological polar surface area (TPSA) is 53.0 Å². The van der Waals surface area contributed by atoms with E-state index in [-0.39, 0.29) is 5.75 Å². The van der Waals surface area contributed by atoms with E-state index in [0.717, 1.165) is 15.6 Å². The maximum Gasteiger partial charge on any atom is 0.0582 e. The second-order valence-electron chi connectivity index (χ2n) is 2.92. The monoisotopic (exact) mass is 226 g/mol. The molecule has 5 heteroatoms. The Morgan fingerprint density at radius 1 is 1.50 bits per heavy atom. The van der Waals surface area contributed by atoms with Crippen molar-refractivity contribution in [1.82, 2.24) is 4.37 Å². The number of fused-ring (bicyclic) bond motifs is 1. The first-order valence-electron chi connectivity index (χ1n) is 4.15. The van der Waals surface area contributed by atoms with Crippen molar-refractivity contribution in [2.24, 2.45) is 0 Å². The summed E-state index contributed by atoms with van der Waals surface area (Å²) in [5.41, 5.74) is 1.06. The van der Waals surface area contributed by atoms with E-state index >= 15 is 0 Å². The predicted octanol–water partition coefficient (Wildman–Crippen LogP) is 1.72. The number of nitrogens with zero attached hydrogens (tertiary/aromatic N) is 1. The molecule has 2 rings (SSSR count). The van der Waals surface area contributed by atoms with Crippen LogP contribution in [0.1, 0.15) is 5.56 Å². The van der Waals surface area contributed by atoms with Crippen molar-refractivity contribution in [2.45, 2.75) is 6.42 Å². The van der Waals surface area contributed by atoms with Gasteiger partial charge in [-0.25, -0.2) is 0 Å². The molecule has 1 atom stereocenters. The van der Waals surface area contributed by atoms with Gasteiger partial charge in [0, 0.05) is 17.3 Å². The fourth-order valence-corrected chi connectivity index (χ4v) is 2.52. The maximum atomic E-state index is 10.4. The van der Waals surface area contributed by atoms with Crippen molar-refractivity contribution in [1.29, 1.82) is 0 Å². The molecule has 0 aliphatic rings. The molecule has 0 spiro atoms. The van der Waals surface area contributed by atoms with E-state index in [2.05, 4.69) is 4.37 Å². The summed E-state index contributed by atoms with van der Waals surface area (Å²) < 4.78 is 26.0. The summed E-state index contributed by atoms with van der Waals surface area (Å²) in [4.78, 5) is 0. The highest BCUT2D eigenvalue weighted by molar-refractivity contribution is 7.79. The molecule has 0 aliphatic heterocycles. The lowest BCUT2D eigenvalue weighted by molar-refractivity contribution is 0.536. The Bertz CT molecular complexity index is 467. The third-order valence-corrected chi connectivity index (χ3v) is 3.43. The molecule has 0 aliphatic carbocycles. The molecule has 0 saturated carbocycles. The van der Waals surface area contributed by atoms with Crippen LogP contribution in [0.25, 0.3) is 10.1 Å². The quantitative estimate of drug-likeness (QED) is 0.749. The highest BCUT2D eigenvalue weighted by Crippen LogP contribution is 2.22. The molecule has 0 saturated heterocycles. The Labute approximate surface area is 88.2 Å². The van der Waals surface area contributed by atoms with Gasteiger partial charge in [0.05, 0.1) is 4.70 Å². The van der Waals surface area contributed by atoms with Crippen LogP contribution in [0.15, 0.2) is 24.4 Å². The molecular weight excluding hydrogens is 218 g/mol. The zero-order valence-electron chi connectivity index (χ0n) is 7.30. The van der Waals surface area contributed by atoms with Crippen LogP contribution in [-0.4, -0.2) is 18.9 Å². The molecule has 0 amide bonds. The van der Waals surface area contributed by atoms with Crippen molar-refractivity contribution < 1.29 is 8.76 Å². The number of benzene rings is 1. The Morgan fingerprint density at radius 3 is 3.14 bits per heavy atom. The van der Waals surface area contributed by atoms with Crippen LogP contribution in [0.2, 0.25) is 0 Å². The summed E-state index contributed by atoms with van der Waals surface area (Å²) in [6.07, 6.45) is 2.37. The van der Waals surface area contributed by atoms with Crippen molar-refractivity contribution in [3.63, 3.8) is 0 Å². The molecular formula is C9H8NO2S2-. The SMILES string of the molecule is O=S([O-])CCc1cccc2cnsc12. The molecule has 1 aromatic carbocycles. The Hall–Kier alpha value is -0.780. The Morgan fingerprint density at radius 2 is 2.36 bits per heavy atom. The van der Waals surface area contributed by atoms with Gasteiger partial charge in [-0.05, 0) is 23.5 Å². The molecule has 0 N–H and O–H groups in total. The normalized spacial score (nSPS) is 13.2. The van der Waals surface area contributed by atoms with Gasteiger partial charge in [0.15, 0.2) is 0 Å². The fraction of sp³-hybridized carbons (Fsp3) is 0.222. The first-order valence-corrected chi connectivity index (χ1v) is 6.17. The van der Waals surface area contributed by atoms with Crippen LogP contribution in [0.4, 0.5) is 0 Å². The van der Waals surface area contributed by atoms with Gasteiger partial charge in [0.2, 0.25) is 0 Å². The lowest BCUT2D eigenvalue weighted by Crippen LogP contribution is -1.99. The molecule has 2 aromatic rings. The van der Waals surface area contributed by atoms with Gasteiger partial charge < -0.3 is 4.55 Å². The summed E-state index contributed by atoms with van der Waals surface area (Å²) in [5.74, 6) is 0.178. The summed E-state index contributed by atoms with van der Waals surface area (Å²) >= 11 is -0.548. The molecule has 14 heavy (non-hydrogen) atoms. The smallest absolute Gasteiger partial charge is 0.0582 e. The molecule has 74 valence electrons. The van der Waals surface area contributed by atoms with Gasteiger partial charge in [-0.2, -0.15) is 4.37 Å². The number of hydrogen-bond acceptors (Lipinski definition) is 4. The van der Waals surface area contributed by atoms with E-state index < -0.39 is 11.1 Å². The molecule has 1 heterocycles. The first-order chi connectivity index (χ1) is 6.77. The largest absolute Gasteiger partial charge is 0.772 e. The van der Waals surface area contributed by atoms with Gasteiger partial charge in [-0.3, -0.25) is 4.21 Å². The molecule has 1 aromatic heterocycles. The van der Waals surface area contributed by atoms with Gasteiger partial charge in [0.1, 0.15) is 0 Å².